The van der Waals surface area contributed by atoms with Crippen LogP contribution in [0.3, 0.4) is 0 Å². The molecule has 0 aliphatic rings. The van der Waals surface area contributed by atoms with Gasteiger partial charge in [0.1, 0.15) is 18.4 Å². The average molecular weight is 514 g/mol. The predicted molar refractivity (Wildman–Crippen MR) is 154 cm³/mol. The van der Waals surface area contributed by atoms with E-state index in [1.165, 1.54) is 10.4 Å². The zero-order valence-corrected chi connectivity index (χ0v) is 25.5. The van der Waals surface area contributed by atoms with Crippen LogP contribution < -0.4 is 15.1 Å². The van der Waals surface area contributed by atoms with Crippen LogP contribution in [-0.2, 0) is 15.8 Å². The molecule has 0 aromatic heterocycles. The van der Waals surface area contributed by atoms with Crippen molar-refractivity contribution in [2.75, 3.05) is 6.61 Å². The fourth-order valence-electron chi connectivity index (χ4n) is 3.79. The lowest BCUT2D eigenvalue weighted by Crippen LogP contribution is -2.68. The Balaban J connectivity index is 2.62. The van der Waals surface area contributed by atoms with E-state index in [4.69, 9.17) is 4.43 Å². The molecule has 0 aliphatic carbocycles. The van der Waals surface area contributed by atoms with E-state index >= 15 is 0 Å². The molecule has 3 nitrogen and oxygen atoms in total. The van der Waals surface area contributed by atoms with Crippen molar-refractivity contribution in [3.8, 4) is 11.5 Å². The predicted octanol–water partition coefficient (Wildman–Crippen LogP) is 5.25. The first kappa shape index (κ1) is 28.9. The van der Waals surface area contributed by atoms with Crippen LogP contribution in [-0.4, -0.2) is 37.8 Å². The summed E-state index contributed by atoms with van der Waals surface area (Å²) in [6, 6.07) is 21.2. The second-order valence-corrected chi connectivity index (χ2v) is 23.3. The third-order valence-corrected chi connectivity index (χ3v) is 13.2. The summed E-state index contributed by atoms with van der Waals surface area (Å²) in [4.78, 5) is 0. The van der Waals surface area contributed by atoms with E-state index in [9.17, 15) is 4.55 Å². The van der Waals surface area contributed by atoms with Gasteiger partial charge >= 0.3 is 0 Å². The topological polar surface area (TPSA) is 44.3 Å². The van der Waals surface area contributed by atoms with Gasteiger partial charge < -0.3 is 8.98 Å². The van der Waals surface area contributed by atoms with Gasteiger partial charge in [-0.1, -0.05) is 107 Å². The summed E-state index contributed by atoms with van der Waals surface area (Å²) in [5.74, 6) is 3.47. The van der Waals surface area contributed by atoms with Crippen LogP contribution in [0, 0.1) is 11.5 Å². The zero-order chi connectivity index (χ0) is 25.8. The molecule has 0 aliphatic heterocycles. The Morgan fingerprint density at radius 3 is 1.62 bits per heavy atom. The van der Waals surface area contributed by atoms with Crippen molar-refractivity contribution >= 4 is 38.1 Å². The van der Waals surface area contributed by atoms with Gasteiger partial charge in [-0.05, 0) is 43.1 Å². The van der Waals surface area contributed by atoms with Crippen LogP contribution in [0.1, 0.15) is 48.5 Å². The quantitative estimate of drug-likeness (QED) is 0.312. The Hall–Kier alpha value is -1.34. The smallest absolute Gasteiger partial charge is 0.261 e. The standard InChI is InChI=1S/C28H43NO2SSi2/c1-26(2,3)32(30)29-28(7,21-22-33(8,9)10)23-31-34(27(4,5)6,24-17-13-11-14-18-24)25-19-15-12-16-20-25/h11-20,29H,23H2,1-10H3/t28-,32?/m0/s1. The summed E-state index contributed by atoms with van der Waals surface area (Å²) in [7, 11) is -4.37. The van der Waals surface area contributed by atoms with Crippen LogP contribution in [0.15, 0.2) is 60.7 Å². The van der Waals surface area contributed by atoms with Crippen molar-refractivity contribution in [1.82, 2.24) is 4.72 Å². The summed E-state index contributed by atoms with van der Waals surface area (Å²) in [6.07, 6.45) is 0. The number of nitrogens with one attached hydrogen (secondary N) is 1. The Kier molecular flexibility index (Phi) is 9.12. The van der Waals surface area contributed by atoms with Gasteiger partial charge in [0.15, 0.2) is 0 Å². The number of hydrogen-bond donors (Lipinski definition) is 1. The lowest BCUT2D eigenvalue weighted by Gasteiger charge is -2.44. The van der Waals surface area contributed by atoms with Crippen molar-refractivity contribution in [2.45, 2.75) is 83.4 Å². The Morgan fingerprint density at radius 2 is 1.26 bits per heavy atom. The molecule has 2 aromatic carbocycles. The molecule has 186 valence electrons. The summed E-state index contributed by atoms with van der Waals surface area (Å²) >= 11 is -1.28. The molecule has 0 saturated heterocycles. The normalized spacial score (nSPS) is 15.7. The van der Waals surface area contributed by atoms with Crippen LogP contribution in [0.25, 0.3) is 0 Å². The molecule has 2 aromatic rings. The maximum Gasteiger partial charge on any atom is 0.261 e. The first-order valence-corrected chi connectivity index (χ1v) is 18.6. The van der Waals surface area contributed by atoms with E-state index in [1.807, 2.05) is 39.8 Å². The molecule has 0 fully saturated rings. The van der Waals surface area contributed by atoms with Crippen molar-refractivity contribution in [3.63, 3.8) is 0 Å². The number of hydrogen-bond acceptors (Lipinski definition) is 3. The molecule has 0 bridgehead atoms. The van der Waals surface area contributed by atoms with Gasteiger partial charge in [0.05, 0.1) is 6.61 Å². The maximum atomic E-state index is 13.2. The molecule has 6 heteroatoms. The molecule has 1 unspecified atom stereocenters. The minimum absolute atomic E-state index is 0.133. The van der Waals surface area contributed by atoms with Gasteiger partial charge in [0.25, 0.3) is 8.32 Å². The van der Waals surface area contributed by atoms with Crippen LogP contribution in [0.2, 0.25) is 24.7 Å². The lowest BCUT2D eigenvalue weighted by molar-refractivity contribution is 0.239. The van der Waals surface area contributed by atoms with Gasteiger partial charge in [0.2, 0.25) is 0 Å². The fraction of sp³-hybridized carbons (Fsp3) is 0.500. The SMILES string of the molecule is CC(C)(C)[S+]([O-])N[C@@](C)(C#C[Si](C)(C)C)CO[Si](c1ccccc1)(c1ccccc1)C(C)(C)C. The van der Waals surface area contributed by atoms with E-state index < -0.39 is 38.0 Å². The average Bonchev–Trinajstić information content (AvgIpc) is 2.72. The highest BCUT2D eigenvalue weighted by Gasteiger charge is 2.51. The third-order valence-electron chi connectivity index (χ3n) is 5.58. The molecular weight excluding hydrogens is 471 g/mol. The number of rotatable bonds is 7. The Labute approximate surface area is 213 Å². The second-order valence-electron chi connectivity index (χ2n) is 12.3. The van der Waals surface area contributed by atoms with Crippen molar-refractivity contribution < 1.29 is 8.98 Å². The van der Waals surface area contributed by atoms with Gasteiger partial charge in [-0.2, -0.15) is 0 Å². The minimum atomic E-state index is -2.73. The molecule has 2 rings (SSSR count). The highest BCUT2D eigenvalue weighted by Crippen LogP contribution is 2.37. The first-order chi connectivity index (χ1) is 15.5. The molecule has 2 atom stereocenters. The molecule has 0 heterocycles. The minimum Gasteiger partial charge on any atom is -0.598 e. The van der Waals surface area contributed by atoms with Crippen molar-refractivity contribution in [1.29, 1.82) is 0 Å². The Bertz CT molecular complexity index is 943. The Morgan fingerprint density at radius 1 is 0.824 bits per heavy atom. The maximum absolute atomic E-state index is 13.2. The van der Waals surface area contributed by atoms with Gasteiger partial charge in [-0.25, -0.2) is 0 Å². The summed E-state index contributed by atoms with van der Waals surface area (Å²) in [5.41, 5.74) is 2.76. The highest BCUT2D eigenvalue weighted by molar-refractivity contribution is 7.90. The summed E-state index contributed by atoms with van der Waals surface area (Å²) < 4.78 is 23.3. The van der Waals surface area contributed by atoms with Gasteiger partial charge in [-0.3, -0.25) is 0 Å². The monoisotopic (exact) mass is 513 g/mol. The molecule has 0 spiro atoms. The van der Waals surface area contributed by atoms with E-state index in [2.05, 4.69) is 105 Å². The highest BCUT2D eigenvalue weighted by atomic mass is 32.2. The van der Waals surface area contributed by atoms with Crippen LogP contribution >= 0.6 is 0 Å². The number of benzene rings is 2. The lowest BCUT2D eigenvalue weighted by atomic mass is 10.1. The van der Waals surface area contributed by atoms with Gasteiger partial charge in [-0.15, -0.1) is 10.3 Å². The second kappa shape index (κ2) is 10.7. The molecular formula is C28H43NO2SSi2. The summed E-state index contributed by atoms with van der Waals surface area (Å²) in [5, 5.41) is 2.32. The molecule has 0 saturated carbocycles. The molecule has 0 radical (unpaired) electrons. The van der Waals surface area contributed by atoms with Crippen molar-refractivity contribution in [2.24, 2.45) is 0 Å². The fourth-order valence-corrected chi connectivity index (χ4v) is 9.93. The van der Waals surface area contributed by atoms with Gasteiger partial charge in [0, 0.05) is 11.4 Å². The zero-order valence-electron chi connectivity index (χ0n) is 22.7. The molecule has 34 heavy (non-hydrogen) atoms. The molecule has 0 amide bonds. The van der Waals surface area contributed by atoms with Crippen LogP contribution in [0.5, 0.6) is 0 Å². The van der Waals surface area contributed by atoms with E-state index in [0.717, 1.165) is 0 Å². The third kappa shape index (κ3) is 7.33. The van der Waals surface area contributed by atoms with E-state index in [1.54, 1.807) is 0 Å². The van der Waals surface area contributed by atoms with Crippen molar-refractivity contribution in [3.05, 3.63) is 60.7 Å². The largest absolute Gasteiger partial charge is 0.598 e. The van der Waals surface area contributed by atoms with E-state index in [0.29, 0.717) is 6.61 Å². The molecule has 1 N–H and O–H groups in total. The summed E-state index contributed by atoms with van der Waals surface area (Å²) in [6.45, 7) is 21.8. The van der Waals surface area contributed by atoms with E-state index in [-0.39, 0.29) is 5.04 Å². The first-order valence-electron chi connectivity index (χ1n) is 12.0. The van der Waals surface area contributed by atoms with Crippen LogP contribution in [0.4, 0.5) is 0 Å².